The van der Waals surface area contributed by atoms with Crippen LogP contribution in [-0.2, 0) is 9.53 Å². The molecule has 0 saturated carbocycles. The van der Waals surface area contributed by atoms with Crippen molar-refractivity contribution in [2.24, 2.45) is 0 Å². The van der Waals surface area contributed by atoms with Gasteiger partial charge in [-0.2, -0.15) is 0 Å². The molecule has 0 unspecified atom stereocenters. The Bertz CT molecular complexity index is 430. The molecule has 104 valence electrons. The van der Waals surface area contributed by atoms with E-state index in [1.54, 1.807) is 6.07 Å². The number of rotatable bonds is 5. The molecule has 4 nitrogen and oxygen atoms in total. The standard InChI is InChI=1S/C14H19NO3S/c1-10-9-11(6-7-18-10)15-14(17)5-4-12(16)13-3-2-8-19-13/h2-3,8,10-11H,4-7,9H2,1H3,(H,15,17)/t10-,11-/m0/s1. The Morgan fingerprint density at radius 3 is 3.00 bits per heavy atom. The summed E-state index contributed by atoms with van der Waals surface area (Å²) in [6.45, 7) is 2.71. The fourth-order valence-corrected chi connectivity index (χ4v) is 2.91. The molecule has 2 rings (SSSR count). The van der Waals surface area contributed by atoms with Gasteiger partial charge in [-0.25, -0.2) is 0 Å². The summed E-state index contributed by atoms with van der Waals surface area (Å²) in [4.78, 5) is 24.3. The SMILES string of the molecule is C[C@H]1C[C@@H](NC(=O)CCC(=O)c2cccs2)CCO1. The number of ketones is 1. The minimum atomic E-state index is -0.0380. The van der Waals surface area contributed by atoms with Gasteiger partial charge in [0.05, 0.1) is 11.0 Å². The monoisotopic (exact) mass is 281 g/mol. The number of thiophene rings is 1. The summed E-state index contributed by atoms with van der Waals surface area (Å²) >= 11 is 1.42. The molecule has 1 N–H and O–H groups in total. The highest BCUT2D eigenvalue weighted by molar-refractivity contribution is 7.12. The topological polar surface area (TPSA) is 55.4 Å². The number of carbonyl (C=O) groups is 2. The third-order valence-electron chi connectivity index (χ3n) is 3.23. The van der Waals surface area contributed by atoms with E-state index in [1.165, 1.54) is 11.3 Å². The van der Waals surface area contributed by atoms with E-state index in [-0.39, 0.29) is 36.7 Å². The van der Waals surface area contributed by atoms with Gasteiger partial charge in [-0.1, -0.05) is 6.07 Å². The zero-order chi connectivity index (χ0) is 13.7. The van der Waals surface area contributed by atoms with Crippen LogP contribution in [0.2, 0.25) is 0 Å². The fraction of sp³-hybridized carbons (Fsp3) is 0.571. The molecule has 0 spiro atoms. The van der Waals surface area contributed by atoms with Crippen molar-refractivity contribution in [1.82, 2.24) is 5.32 Å². The van der Waals surface area contributed by atoms with Crippen molar-refractivity contribution in [1.29, 1.82) is 0 Å². The van der Waals surface area contributed by atoms with Crippen LogP contribution in [0.15, 0.2) is 17.5 Å². The number of hydrogen-bond acceptors (Lipinski definition) is 4. The molecule has 1 aliphatic rings. The number of carbonyl (C=O) groups excluding carboxylic acids is 2. The van der Waals surface area contributed by atoms with Crippen LogP contribution in [0.25, 0.3) is 0 Å². The molecule has 2 atom stereocenters. The van der Waals surface area contributed by atoms with Gasteiger partial charge in [0, 0.05) is 25.5 Å². The van der Waals surface area contributed by atoms with E-state index in [0.29, 0.717) is 6.61 Å². The summed E-state index contributed by atoms with van der Waals surface area (Å²) < 4.78 is 5.43. The predicted octanol–water partition coefficient (Wildman–Crippen LogP) is 2.39. The number of amides is 1. The Morgan fingerprint density at radius 1 is 1.47 bits per heavy atom. The molecule has 2 heterocycles. The van der Waals surface area contributed by atoms with Crippen LogP contribution >= 0.6 is 11.3 Å². The van der Waals surface area contributed by atoms with Crippen LogP contribution in [0.5, 0.6) is 0 Å². The van der Waals surface area contributed by atoms with Crippen molar-refractivity contribution in [3.8, 4) is 0 Å². The molecule has 1 aromatic rings. The maximum atomic E-state index is 11.8. The lowest BCUT2D eigenvalue weighted by molar-refractivity contribution is -0.122. The van der Waals surface area contributed by atoms with Crippen LogP contribution in [0, 0.1) is 0 Å². The summed E-state index contributed by atoms with van der Waals surface area (Å²) in [6.07, 6.45) is 2.46. The summed E-state index contributed by atoms with van der Waals surface area (Å²) in [5.41, 5.74) is 0. The zero-order valence-electron chi connectivity index (χ0n) is 11.1. The van der Waals surface area contributed by atoms with Crippen LogP contribution in [0.3, 0.4) is 0 Å². The van der Waals surface area contributed by atoms with E-state index >= 15 is 0 Å². The Balaban J connectivity index is 1.71. The average molecular weight is 281 g/mol. The smallest absolute Gasteiger partial charge is 0.220 e. The first kappa shape index (κ1) is 14.2. The molecule has 1 amide bonds. The summed E-state index contributed by atoms with van der Waals surface area (Å²) in [5.74, 6) is 0.00880. The summed E-state index contributed by atoms with van der Waals surface area (Å²) in [5, 5.41) is 4.85. The maximum absolute atomic E-state index is 11.8. The highest BCUT2D eigenvalue weighted by Gasteiger charge is 2.21. The van der Waals surface area contributed by atoms with E-state index in [1.807, 2.05) is 18.4 Å². The first-order valence-electron chi connectivity index (χ1n) is 6.63. The first-order valence-corrected chi connectivity index (χ1v) is 7.51. The van der Waals surface area contributed by atoms with Crippen LogP contribution in [0.4, 0.5) is 0 Å². The molecule has 1 aromatic heterocycles. The molecule has 0 bridgehead atoms. The number of Topliss-reactive ketones (excluding diaryl/α,β-unsaturated/α-hetero) is 1. The maximum Gasteiger partial charge on any atom is 0.220 e. The molecule has 0 aromatic carbocycles. The van der Waals surface area contributed by atoms with Gasteiger partial charge < -0.3 is 10.1 Å². The van der Waals surface area contributed by atoms with Crippen molar-refractivity contribution in [2.45, 2.75) is 44.8 Å². The molecule has 19 heavy (non-hydrogen) atoms. The van der Waals surface area contributed by atoms with Crippen LogP contribution in [0.1, 0.15) is 42.3 Å². The molecular formula is C14H19NO3S. The van der Waals surface area contributed by atoms with Crippen molar-refractivity contribution in [3.63, 3.8) is 0 Å². The normalized spacial score (nSPS) is 23.0. The van der Waals surface area contributed by atoms with Gasteiger partial charge in [0.1, 0.15) is 0 Å². The van der Waals surface area contributed by atoms with Crippen molar-refractivity contribution in [2.75, 3.05) is 6.61 Å². The Labute approximate surface area is 117 Å². The van der Waals surface area contributed by atoms with E-state index in [4.69, 9.17) is 4.74 Å². The largest absolute Gasteiger partial charge is 0.378 e. The lowest BCUT2D eigenvalue weighted by Crippen LogP contribution is -2.41. The number of hydrogen-bond donors (Lipinski definition) is 1. The Kier molecular flexibility index (Phi) is 5.10. The van der Waals surface area contributed by atoms with Gasteiger partial charge in [-0.05, 0) is 31.2 Å². The highest BCUT2D eigenvalue weighted by Crippen LogP contribution is 2.14. The second-order valence-electron chi connectivity index (χ2n) is 4.87. The van der Waals surface area contributed by atoms with Crippen LogP contribution in [-0.4, -0.2) is 30.4 Å². The van der Waals surface area contributed by atoms with E-state index < -0.39 is 0 Å². The van der Waals surface area contributed by atoms with Gasteiger partial charge in [-0.15, -0.1) is 11.3 Å². The van der Waals surface area contributed by atoms with E-state index in [9.17, 15) is 9.59 Å². The zero-order valence-corrected chi connectivity index (χ0v) is 11.9. The Hall–Kier alpha value is -1.20. The fourth-order valence-electron chi connectivity index (χ4n) is 2.22. The third kappa shape index (κ3) is 4.44. The third-order valence-corrected chi connectivity index (χ3v) is 4.14. The molecule has 1 fully saturated rings. The molecule has 0 aliphatic carbocycles. The second-order valence-corrected chi connectivity index (χ2v) is 5.82. The summed E-state index contributed by atoms with van der Waals surface area (Å²) in [7, 11) is 0. The lowest BCUT2D eigenvalue weighted by Gasteiger charge is -2.27. The van der Waals surface area contributed by atoms with Gasteiger partial charge in [0.15, 0.2) is 5.78 Å². The first-order chi connectivity index (χ1) is 9.15. The molecule has 1 aliphatic heterocycles. The van der Waals surface area contributed by atoms with Crippen molar-refractivity contribution < 1.29 is 14.3 Å². The van der Waals surface area contributed by atoms with E-state index in [0.717, 1.165) is 17.7 Å². The number of nitrogens with one attached hydrogen (secondary N) is 1. The van der Waals surface area contributed by atoms with Crippen molar-refractivity contribution >= 4 is 23.0 Å². The number of ether oxygens (including phenoxy) is 1. The van der Waals surface area contributed by atoms with Gasteiger partial charge in [0.25, 0.3) is 0 Å². The summed E-state index contributed by atoms with van der Waals surface area (Å²) in [6, 6.07) is 3.83. The van der Waals surface area contributed by atoms with Gasteiger partial charge in [-0.3, -0.25) is 9.59 Å². The minimum Gasteiger partial charge on any atom is -0.378 e. The lowest BCUT2D eigenvalue weighted by atomic mass is 10.0. The van der Waals surface area contributed by atoms with Crippen molar-refractivity contribution in [3.05, 3.63) is 22.4 Å². The second kappa shape index (κ2) is 6.82. The van der Waals surface area contributed by atoms with Crippen LogP contribution < -0.4 is 5.32 Å². The quantitative estimate of drug-likeness (QED) is 0.843. The molecule has 1 saturated heterocycles. The van der Waals surface area contributed by atoms with E-state index in [2.05, 4.69) is 5.32 Å². The van der Waals surface area contributed by atoms with Gasteiger partial charge in [0.2, 0.25) is 5.91 Å². The average Bonchev–Trinajstić information content (AvgIpc) is 2.90. The molecular weight excluding hydrogens is 262 g/mol. The van der Waals surface area contributed by atoms with Gasteiger partial charge >= 0.3 is 0 Å². The molecule has 5 heteroatoms. The predicted molar refractivity (Wildman–Crippen MR) is 74.5 cm³/mol. The molecule has 0 radical (unpaired) electrons. The Morgan fingerprint density at radius 2 is 2.32 bits per heavy atom. The minimum absolute atomic E-state index is 0.0380. The highest BCUT2D eigenvalue weighted by atomic mass is 32.1.